The van der Waals surface area contributed by atoms with Crippen LogP contribution in [0.5, 0.6) is 0 Å². The van der Waals surface area contributed by atoms with Crippen molar-refractivity contribution in [3.8, 4) is 6.07 Å². The van der Waals surface area contributed by atoms with Crippen LogP contribution >= 0.6 is 11.6 Å². The summed E-state index contributed by atoms with van der Waals surface area (Å²) in [6, 6.07) is 14.8. The fourth-order valence-electron chi connectivity index (χ4n) is 5.42. The van der Waals surface area contributed by atoms with Crippen molar-refractivity contribution >= 4 is 46.3 Å². The smallest absolute Gasteiger partial charge is 0.407 e. The van der Waals surface area contributed by atoms with E-state index in [0.717, 1.165) is 29.6 Å². The van der Waals surface area contributed by atoms with Gasteiger partial charge in [-0.3, -0.25) is 4.79 Å². The number of nitrogens with one attached hydrogen (secondary N) is 1. The molecule has 1 aromatic heterocycles. The van der Waals surface area contributed by atoms with Gasteiger partial charge in [-0.25, -0.2) is 9.78 Å². The van der Waals surface area contributed by atoms with Crippen LogP contribution in [0.2, 0.25) is 5.02 Å². The summed E-state index contributed by atoms with van der Waals surface area (Å²) in [4.78, 5) is 33.8. The van der Waals surface area contributed by atoms with E-state index in [4.69, 9.17) is 22.3 Å². The highest BCUT2D eigenvalue weighted by Crippen LogP contribution is 2.30. The molecule has 2 amide bonds. The van der Waals surface area contributed by atoms with E-state index in [-0.39, 0.29) is 35.5 Å². The van der Waals surface area contributed by atoms with Gasteiger partial charge in [0.2, 0.25) is 5.95 Å². The van der Waals surface area contributed by atoms with Crippen LogP contribution in [0.3, 0.4) is 0 Å². The number of amides is 2. The Bertz CT molecular complexity index is 1590. The molecule has 0 bridgehead atoms. The molecular formula is C33H42ClN7O3. The predicted octanol–water partition coefficient (Wildman–Crippen LogP) is 6.53. The van der Waals surface area contributed by atoms with E-state index < -0.39 is 11.6 Å². The number of carboxylic acid groups (broad SMARTS) is 1. The zero-order chi connectivity index (χ0) is 32.4. The molecule has 4 N–H and O–H groups in total. The Morgan fingerprint density at radius 2 is 1.91 bits per heavy atom. The van der Waals surface area contributed by atoms with Crippen LogP contribution in [0.1, 0.15) is 59.9 Å². The van der Waals surface area contributed by atoms with E-state index in [1.165, 1.54) is 11.0 Å². The fraction of sp³-hybridized carbons (Fsp3) is 0.455. The lowest BCUT2D eigenvalue weighted by Crippen LogP contribution is -2.44. The fourth-order valence-corrected chi connectivity index (χ4v) is 5.55. The average molecular weight is 620 g/mol. The molecule has 1 fully saturated rings. The predicted molar refractivity (Wildman–Crippen MR) is 174 cm³/mol. The molecule has 11 heteroatoms. The number of aromatic nitrogens is 2. The van der Waals surface area contributed by atoms with Crippen LogP contribution in [0, 0.1) is 16.7 Å². The second-order valence-electron chi connectivity index (χ2n) is 13.2. The number of nitrogens with zero attached hydrogens (tertiary/aromatic N) is 5. The molecule has 234 valence electrons. The van der Waals surface area contributed by atoms with Crippen molar-refractivity contribution in [2.45, 2.75) is 85.1 Å². The molecule has 3 aromatic rings. The summed E-state index contributed by atoms with van der Waals surface area (Å²) in [5.41, 5.74) is 8.26. The summed E-state index contributed by atoms with van der Waals surface area (Å²) >= 11 is 6.11. The lowest BCUT2D eigenvalue weighted by atomic mass is 9.87. The molecule has 1 saturated heterocycles. The third kappa shape index (κ3) is 7.71. The van der Waals surface area contributed by atoms with Crippen molar-refractivity contribution in [2.24, 2.45) is 11.1 Å². The molecule has 1 aliphatic rings. The molecule has 4 rings (SSSR count). The summed E-state index contributed by atoms with van der Waals surface area (Å²) in [6.45, 7) is 12.7. The van der Waals surface area contributed by atoms with E-state index >= 15 is 0 Å². The minimum atomic E-state index is -0.974. The number of anilines is 2. The van der Waals surface area contributed by atoms with E-state index in [1.807, 2.05) is 68.7 Å². The number of carbonyl (C=O) groups is 2. The van der Waals surface area contributed by atoms with E-state index in [1.54, 1.807) is 30.9 Å². The topological polar surface area (TPSA) is 141 Å². The average Bonchev–Trinajstić information content (AvgIpc) is 3.54. The van der Waals surface area contributed by atoms with Gasteiger partial charge in [-0.05, 0) is 87.1 Å². The van der Waals surface area contributed by atoms with Gasteiger partial charge in [0.25, 0.3) is 5.91 Å². The maximum atomic E-state index is 13.5. The number of nitriles is 1. The van der Waals surface area contributed by atoms with Crippen LogP contribution in [0.25, 0.3) is 11.0 Å². The standard InChI is InChI=1S/C33H42ClN7O3/c1-21(32(2,3)4)40(31(43)44)19-22-9-14-28-27(16-22)38-30(37-25-12-10-24(34)11-13-25)41(28)20-26-8-7-15-39(26)29(42)23(18-35)17-33(5,6)36/h9-14,16-17,21,26H,7-8,15,19-20,36H2,1-6H3,(H,37,38)(H,43,44)/t21-,26?/m0/s1. The van der Waals surface area contributed by atoms with Gasteiger partial charge < -0.3 is 30.5 Å². The van der Waals surface area contributed by atoms with Crippen LogP contribution < -0.4 is 11.1 Å². The molecule has 2 heterocycles. The van der Waals surface area contributed by atoms with Crippen molar-refractivity contribution in [3.63, 3.8) is 0 Å². The third-order valence-corrected chi connectivity index (χ3v) is 8.38. The highest BCUT2D eigenvalue weighted by molar-refractivity contribution is 6.30. The lowest BCUT2D eigenvalue weighted by Gasteiger charge is -2.36. The molecule has 10 nitrogen and oxygen atoms in total. The monoisotopic (exact) mass is 619 g/mol. The Morgan fingerprint density at radius 3 is 2.50 bits per heavy atom. The van der Waals surface area contributed by atoms with Crippen molar-refractivity contribution in [1.82, 2.24) is 19.4 Å². The molecule has 2 atom stereocenters. The normalized spacial score (nSPS) is 16.6. The van der Waals surface area contributed by atoms with E-state index in [2.05, 4.69) is 5.32 Å². The minimum Gasteiger partial charge on any atom is -0.465 e. The minimum absolute atomic E-state index is 0.0384. The first-order valence-corrected chi connectivity index (χ1v) is 15.2. The first-order valence-electron chi connectivity index (χ1n) is 14.8. The number of rotatable bonds is 9. The van der Waals surface area contributed by atoms with E-state index in [0.29, 0.717) is 29.6 Å². The van der Waals surface area contributed by atoms with Gasteiger partial charge in [0.15, 0.2) is 0 Å². The van der Waals surface area contributed by atoms with Gasteiger partial charge in [0, 0.05) is 41.9 Å². The van der Waals surface area contributed by atoms with Crippen LogP contribution in [0.15, 0.2) is 54.1 Å². The highest BCUT2D eigenvalue weighted by atomic mass is 35.5. The molecule has 44 heavy (non-hydrogen) atoms. The van der Waals surface area contributed by atoms with Crippen LogP contribution in [0.4, 0.5) is 16.4 Å². The highest BCUT2D eigenvalue weighted by Gasteiger charge is 2.33. The molecule has 0 spiro atoms. The number of carbonyl (C=O) groups excluding carboxylic acids is 1. The molecule has 0 aliphatic carbocycles. The number of halogens is 1. The zero-order valence-corrected chi connectivity index (χ0v) is 27.0. The van der Waals surface area contributed by atoms with Crippen molar-refractivity contribution < 1.29 is 14.7 Å². The first-order chi connectivity index (χ1) is 20.6. The Morgan fingerprint density at radius 1 is 1.23 bits per heavy atom. The largest absolute Gasteiger partial charge is 0.465 e. The number of nitrogens with two attached hydrogens (primary N) is 1. The van der Waals surface area contributed by atoms with E-state index in [9.17, 15) is 20.0 Å². The van der Waals surface area contributed by atoms with Crippen LogP contribution in [-0.4, -0.2) is 60.6 Å². The number of likely N-dealkylation sites (tertiary alicyclic amines) is 1. The summed E-state index contributed by atoms with van der Waals surface area (Å²) in [5, 5.41) is 23.7. The Balaban J connectivity index is 1.71. The molecule has 2 aromatic carbocycles. The summed E-state index contributed by atoms with van der Waals surface area (Å²) < 4.78 is 2.04. The molecule has 0 radical (unpaired) electrons. The van der Waals surface area contributed by atoms with Gasteiger partial charge >= 0.3 is 6.09 Å². The number of fused-ring (bicyclic) bond motifs is 1. The van der Waals surface area contributed by atoms with Crippen molar-refractivity contribution in [3.05, 3.63) is 64.7 Å². The summed E-state index contributed by atoms with van der Waals surface area (Å²) in [5.74, 6) is 0.255. The zero-order valence-electron chi connectivity index (χ0n) is 26.3. The quantitative estimate of drug-likeness (QED) is 0.183. The molecule has 1 unspecified atom stereocenters. The second kappa shape index (κ2) is 12.9. The Hall–Kier alpha value is -4.07. The van der Waals surface area contributed by atoms with Crippen LogP contribution in [-0.2, 0) is 17.9 Å². The Kier molecular flexibility index (Phi) is 9.62. The number of imidazole rings is 1. The Labute approximate surface area is 264 Å². The van der Waals surface area contributed by atoms with Gasteiger partial charge in [0.05, 0.1) is 17.1 Å². The number of hydrogen-bond acceptors (Lipinski definition) is 6. The summed E-state index contributed by atoms with van der Waals surface area (Å²) in [6.07, 6.45) is 2.13. The van der Waals surface area contributed by atoms with Gasteiger partial charge in [-0.15, -0.1) is 0 Å². The molecule has 1 aliphatic heterocycles. The SMILES string of the molecule is C[C@H](N(Cc1ccc2c(c1)nc(Nc1ccc(Cl)cc1)n2CC1CCCN1C(=O)C(C#N)=CC(C)(C)N)C(=O)O)C(C)(C)C. The van der Waals surface area contributed by atoms with Gasteiger partial charge in [-0.2, -0.15) is 5.26 Å². The maximum absolute atomic E-state index is 13.5. The van der Waals surface area contributed by atoms with Crippen molar-refractivity contribution in [1.29, 1.82) is 5.26 Å². The number of hydrogen-bond donors (Lipinski definition) is 3. The maximum Gasteiger partial charge on any atom is 0.407 e. The molecule has 0 saturated carbocycles. The summed E-state index contributed by atoms with van der Waals surface area (Å²) in [7, 11) is 0. The van der Waals surface area contributed by atoms with Crippen molar-refractivity contribution in [2.75, 3.05) is 11.9 Å². The second-order valence-corrected chi connectivity index (χ2v) is 13.7. The van der Waals surface area contributed by atoms with Gasteiger partial charge in [0.1, 0.15) is 11.6 Å². The molecular weight excluding hydrogens is 578 g/mol. The first kappa shape index (κ1) is 32.8. The third-order valence-electron chi connectivity index (χ3n) is 8.13. The van der Waals surface area contributed by atoms with Gasteiger partial charge in [-0.1, -0.05) is 38.4 Å². The number of benzene rings is 2. The lowest BCUT2D eigenvalue weighted by molar-refractivity contribution is -0.127.